The SMILES string of the molecule is C=N/C=C(\C=C/C)c1cc(-c2cccnc2)cc(-c2cc(-c3ccc4ccccc4c3)nc(-c3ccc4ccccc4c3)c2)c1. The van der Waals surface area contributed by atoms with Gasteiger partial charge < -0.3 is 0 Å². The van der Waals surface area contributed by atoms with Gasteiger partial charge in [-0.3, -0.25) is 9.98 Å². The largest absolute Gasteiger partial charge is 0.272 e. The van der Waals surface area contributed by atoms with Crippen LogP contribution in [0.25, 0.3) is 71.9 Å². The number of pyridine rings is 2. The van der Waals surface area contributed by atoms with Crippen LogP contribution in [0.15, 0.2) is 163 Å². The lowest BCUT2D eigenvalue weighted by Gasteiger charge is -2.14. The molecule has 0 atom stereocenters. The predicted molar refractivity (Wildman–Crippen MR) is 191 cm³/mol. The van der Waals surface area contributed by atoms with Gasteiger partial charge >= 0.3 is 0 Å². The first-order valence-electron chi connectivity index (χ1n) is 15.0. The summed E-state index contributed by atoms with van der Waals surface area (Å²) in [5.74, 6) is 0. The third kappa shape index (κ3) is 5.84. The third-order valence-corrected chi connectivity index (χ3v) is 8.09. The molecule has 0 fully saturated rings. The number of hydrogen-bond donors (Lipinski definition) is 0. The summed E-state index contributed by atoms with van der Waals surface area (Å²) in [6.45, 7) is 5.74. The Bertz CT molecular complexity index is 2150. The molecular weight excluding hydrogens is 546 g/mol. The number of aliphatic imine (C=N–C) groups is 1. The molecule has 0 aliphatic rings. The molecule has 0 saturated heterocycles. The summed E-state index contributed by atoms with van der Waals surface area (Å²) >= 11 is 0. The second-order valence-corrected chi connectivity index (χ2v) is 11.1. The van der Waals surface area contributed by atoms with Crippen molar-refractivity contribution >= 4 is 33.8 Å². The maximum absolute atomic E-state index is 5.25. The first-order valence-corrected chi connectivity index (χ1v) is 15.0. The van der Waals surface area contributed by atoms with Gasteiger partial charge in [0.15, 0.2) is 0 Å². The van der Waals surface area contributed by atoms with E-state index in [4.69, 9.17) is 4.98 Å². The monoisotopic (exact) mass is 577 g/mol. The number of rotatable bonds is 7. The standard InChI is InChI=1S/C42H31N3/c1-3-9-35(27-43-2)37-22-38(36-14-8-19-44-28-36)24-39(23-37)40-25-41(33-17-15-29-10-4-6-12-31(29)20-33)45-42(26-40)34-18-16-30-11-5-7-13-32(30)21-34/h3-28H,2H2,1H3/b9-3-,35-27+. The van der Waals surface area contributed by atoms with Gasteiger partial charge in [0.25, 0.3) is 0 Å². The van der Waals surface area contributed by atoms with Gasteiger partial charge in [0, 0.05) is 35.3 Å². The van der Waals surface area contributed by atoms with E-state index in [0.29, 0.717) is 0 Å². The van der Waals surface area contributed by atoms with Crippen LogP contribution in [0.1, 0.15) is 12.5 Å². The van der Waals surface area contributed by atoms with E-state index < -0.39 is 0 Å². The molecule has 5 aromatic carbocycles. The Balaban J connectivity index is 1.47. The maximum atomic E-state index is 5.25. The second-order valence-electron chi connectivity index (χ2n) is 11.1. The number of fused-ring (bicyclic) bond motifs is 2. The zero-order valence-corrected chi connectivity index (χ0v) is 25.1. The first kappa shape index (κ1) is 27.9. The van der Waals surface area contributed by atoms with Crippen molar-refractivity contribution in [1.82, 2.24) is 9.97 Å². The Morgan fingerprint density at radius 3 is 1.71 bits per heavy atom. The van der Waals surface area contributed by atoms with Crippen LogP contribution < -0.4 is 0 Å². The number of benzene rings is 5. The molecular formula is C42H31N3. The molecule has 0 spiro atoms. The van der Waals surface area contributed by atoms with Gasteiger partial charge in [-0.1, -0.05) is 91.0 Å². The molecule has 2 heterocycles. The van der Waals surface area contributed by atoms with Gasteiger partial charge in [0.2, 0.25) is 0 Å². The molecule has 0 unspecified atom stereocenters. The lowest BCUT2D eigenvalue weighted by atomic mass is 9.92. The van der Waals surface area contributed by atoms with Crippen molar-refractivity contribution in [3.8, 4) is 44.8 Å². The summed E-state index contributed by atoms with van der Waals surface area (Å²) in [5, 5.41) is 4.79. The molecule has 0 radical (unpaired) electrons. The molecule has 7 aromatic rings. The normalized spacial score (nSPS) is 11.8. The second kappa shape index (κ2) is 12.4. The average Bonchev–Trinajstić information content (AvgIpc) is 3.11. The Morgan fingerprint density at radius 2 is 1.16 bits per heavy atom. The van der Waals surface area contributed by atoms with Crippen LogP contribution in [0.5, 0.6) is 0 Å². The van der Waals surface area contributed by atoms with Crippen molar-refractivity contribution in [2.24, 2.45) is 4.99 Å². The highest BCUT2D eigenvalue weighted by Gasteiger charge is 2.13. The van der Waals surface area contributed by atoms with Gasteiger partial charge in [-0.15, -0.1) is 0 Å². The van der Waals surface area contributed by atoms with E-state index in [-0.39, 0.29) is 0 Å². The minimum absolute atomic E-state index is 0.923. The Labute approximate surface area is 263 Å². The summed E-state index contributed by atoms with van der Waals surface area (Å²) in [6.07, 6.45) is 9.60. The molecule has 0 bridgehead atoms. The van der Waals surface area contributed by atoms with Crippen molar-refractivity contribution < 1.29 is 0 Å². The Kier molecular flexibility index (Phi) is 7.65. The maximum Gasteiger partial charge on any atom is 0.0715 e. The third-order valence-electron chi connectivity index (χ3n) is 8.09. The van der Waals surface area contributed by atoms with Gasteiger partial charge in [0.1, 0.15) is 0 Å². The fourth-order valence-electron chi connectivity index (χ4n) is 5.84. The van der Waals surface area contributed by atoms with Gasteiger partial charge in [-0.25, -0.2) is 4.98 Å². The molecule has 0 N–H and O–H groups in total. The van der Waals surface area contributed by atoms with Crippen molar-refractivity contribution in [3.63, 3.8) is 0 Å². The lowest BCUT2D eigenvalue weighted by Crippen LogP contribution is -1.93. The summed E-state index contributed by atoms with van der Waals surface area (Å²) < 4.78 is 0. The quantitative estimate of drug-likeness (QED) is 0.140. The average molecular weight is 578 g/mol. The molecule has 7 rings (SSSR count). The summed E-state index contributed by atoms with van der Waals surface area (Å²) in [5.41, 5.74) is 10.3. The Morgan fingerprint density at radius 1 is 0.578 bits per heavy atom. The molecule has 45 heavy (non-hydrogen) atoms. The van der Waals surface area contributed by atoms with E-state index in [1.165, 1.54) is 21.5 Å². The number of aromatic nitrogens is 2. The van der Waals surface area contributed by atoms with E-state index in [1.54, 1.807) is 12.4 Å². The van der Waals surface area contributed by atoms with Crippen molar-refractivity contribution in [2.75, 3.05) is 0 Å². The minimum atomic E-state index is 0.923. The molecule has 0 aliphatic heterocycles. The zero-order valence-electron chi connectivity index (χ0n) is 25.1. The smallest absolute Gasteiger partial charge is 0.0715 e. The van der Waals surface area contributed by atoms with E-state index in [1.807, 2.05) is 25.3 Å². The van der Waals surface area contributed by atoms with Crippen LogP contribution in [0, 0.1) is 0 Å². The Hall–Kier alpha value is -5.93. The van der Waals surface area contributed by atoms with Crippen molar-refractivity contribution in [1.29, 1.82) is 0 Å². The summed E-state index contributed by atoms with van der Waals surface area (Å²) in [4.78, 5) is 13.8. The lowest BCUT2D eigenvalue weighted by molar-refractivity contribution is 1.32. The fraction of sp³-hybridized carbons (Fsp3) is 0.0238. The first-order chi connectivity index (χ1) is 22.2. The molecule has 0 saturated carbocycles. The van der Waals surface area contributed by atoms with Crippen molar-refractivity contribution in [2.45, 2.75) is 6.92 Å². The van der Waals surface area contributed by atoms with Gasteiger partial charge in [-0.2, -0.15) is 0 Å². The highest BCUT2D eigenvalue weighted by Crippen LogP contribution is 2.36. The molecule has 214 valence electrons. The van der Waals surface area contributed by atoms with Crippen molar-refractivity contribution in [3.05, 3.63) is 164 Å². The van der Waals surface area contributed by atoms with Crippen LogP contribution >= 0.6 is 0 Å². The number of allylic oxidation sites excluding steroid dienone is 3. The molecule has 3 heteroatoms. The van der Waals surface area contributed by atoms with E-state index in [0.717, 1.165) is 55.9 Å². The number of hydrogen-bond acceptors (Lipinski definition) is 3. The van der Waals surface area contributed by atoms with Gasteiger partial charge in [-0.05, 0) is 112 Å². The highest BCUT2D eigenvalue weighted by atomic mass is 14.7. The number of nitrogens with zero attached hydrogens (tertiary/aromatic N) is 3. The summed E-state index contributed by atoms with van der Waals surface area (Å²) in [6, 6.07) is 45.1. The fourth-order valence-corrected chi connectivity index (χ4v) is 5.84. The van der Waals surface area contributed by atoms with Crippen LogP contribution in [0.2, 0.25) is 0 Å². The van der Waals surface area contributed by atoms with E-state index in [9.17, 15) is 0 Å². The zero-order chi connectivity index (χ0) is 30.6. The van der Waals surface area contributed by atoms with Gasteiger partial charge in [0.05, 0.1) is 11.4 Å². The van der Waals surface area contributed by atoms with Crippen LogP contribution in [-0.2, 0) is 0 Å². The minimum Gasteiger partial charge on any atom is -0.272 e. The molecule has 2 aromatic heterocycles. The van der Waals surface area contributed by atoms with Crippen LogP contribution in [-0.4, -0.2) is 16.7 Å². The predicted octanol–water partition coefficient (Wildman–Crippen LogP) is 11.1. The summed E-state index contributed by atoms with van der Waals surface area (Å²) in [7, 11) is 0. The van der Waals surface area contributed by atoms with Crippen LogP contribution in [0.3, 0.4) is 0 Å². The molecule has 0 aliphatic carbocycles. The highest BCUT2D eigenvalue weighted by molar-refractivity contribution is 5.91. The van der Waals surface area contributed by atoms with E-state index in [2.05, 4.69) is 144 Å². The van der Waals surface area contributed by atoms with E-state index >= 15 is 0 Å². The van der Waals surface area contributed by atoms with Crippen LogP contribution in [0.4, 0.5) is 0 Å². The molecule has 3 nitrogen and oxygen atoms in total. The molecule has 0 amide bonds. The topological polar surface area (TPSA) is 38.1 Å².